The lowest BCUT2D eigenvalue weighted by atomic mass is 9.99. The topological polar surface area (TPSA) is 65.0 Å². The van der Waals surface area contributed by atoms with Crippen molar-refractivity contribution in [2.24, 2.45) is 0 Å². The third kappa shape index (κ3) is 4.69. The summed E-state index contributed by atoms with van der Waals surface area (Å²) in [6.07, 6.45) is -4.80. The monoisotopic (exact) mass is 449 g/mol. The highest BCUT2D eigenvalue weighted by atomic mass is 35.5. The van der Waals surface area contributed by atoms with Crippen molar-refractivity contribution in [1.29, 1.82) is 5.41 Å². The van der Waals surface area contributed by atoms with E-state index in [0.29, 0.717) is 5.69 Å². The predicted octanol–water partition coefficient (Wildman–Crippen LogP) is 6.21. The molecule has 3 rings (SSSR count). The molecule has 0 aromatic heterocycles. The zero-order valence-corrected chi connectivity index (χ0v) is 16.8. The lowest BCUT2D eigenvalue weighted by molar-refractivity contribution is -0.137. The van der Waals surface area contributed by atoms with E-state index in [2.05, 4.69) is 10.6 Å². The first-order valence-electron chi connectivity index (χ1n) is 8.96. The Morgan fingerprint density at radius 1 is 1.00 bits per heavy atom. The van der Waals surface area contributed by atoms with Gasteiger partial charge in [0, 0.05) is 23.9 Å². The van der Waals surface area contributed by atoms with Gasteiger partial charge in [-0.2, -0.15) is 13.2 Å². The van der Waals surface area contributed by atoms with Gasteiger partial charge in [0.05, 0.1) is 27.5 Å². The Balaban J connectivity index is 2.07. The molecule has 3 aromatic carbocycles. The van der Waals surface area contributed by atoms with Crippen molar-refractivity contribution in [2.45, 2.75) is 6.18 Å². The van der Waals surface area contributed by atoms with Gasteiger partial charge in [0.25, 0.3) is 5.91 Å². The number of alkyl halides is 3. The number of nitrogens with one attached hydrogen (secondary N) is 3. The minimum atomic E-state index is -4.80. The molecule has 1 amide bonds. The number of rotatable bonds is 5. The van der Waals surface area contributed by atoms with Gasteiger partial charge in [-0.05, 0) is 42.5 Å². The molecule has 0 saturated carbocycles. The normalized spacial score (nSPS) is 11.2. The molecule has 0 atom stereocenters. The van der Waals surface area contributed by atoms with E-state index in [1.54, 1.807) is 19.2 Å². The number of hydrogen-bond acceptors (Lipinski definition) is 3. The van der Waals surface area contributed by atoms with E-state index in [1.165, 1.54) is 36.4 Å². The van der Waals surface area contributed by atoms with Gasteiger partial charge in [-0.1, -0.05) is 29.8 Å². The second-order valence-electron chi connectivity index (χ2n) is 6.48. The average Bonchev–Trinajstić information content (AvgIpc) is 2.72. The second-order valence-corrected chi connectivity index (χ2v) is 6.89. The summed E-state index contributed by atoms with van der Waals surface area (Å²) in [6.45, 7) is 0. The molecule has 0 fully saturated rings. The zero-order chi connectivity index (χ0) is 22.8. The maximum absolute atomic E-state index is 14.2. The van der Waals surface area contributed by atoms with E-state index in [-0.39, 0.29) is 27.5 Å². The van der Waals surface area contributed by atoms with E-state index in [1.807, 2.05) is 0 Å². The van der Waals surface area contributed by atoms with Gasteiger partial charge in [-0.3, -0.25) is 10.2 Å². The molecule has 4 nitrogen and oxygen atoms in total. The minimum Gasteiger partial charge on any atom is -0.388 e. The molecular formula is C22H16ClF4N3O. The van der Waals surface area contributed by atoms with Gasteiger partial charge in [0.15, 0.2) is 0 Å². The molecule has 0 aliphatic carbocycles. The highest BCUT2D eigenvalue weighted by Gasteiger charge is 2.36. The van der Waals surface area contributed by atoms with Crippen LogP contribution < -0.4 is 10.6 Å². The lowest BCUT2D eigenvalue weighted by Crippen LogP contribution is -2.21. The Morgan fingerprint density at radius 2 is 1.71 bits per heavy atom. The summed E-state index contributed by atoms with van der Waals surface area (Å²) in [4.78, 5) is 12.8. The van der Waals surface area contributed by atoms with Crippen molar-refractivity contribution in [3.63, 3.8) is 0 Å². The van der Waals surface area contributed by atoms with E-state index < -0.39 is 29.0 Å². The number of anilines is 2. The number of benzene rings is 3. The highest BCUT2D eigenvalue weighted by molar-refractivity contribution is 6.34. The quantitative estimate of drug-likeness (QED) is 0.320. The number of carbonyl (C=O) groups excluding carboxylic acids is 1. The van der Waals surface area contributed by atoms with Crippen molar-refractivity contribution in [1.82, 2.24) is 0 Å². The lowest BCUT2D eigenvalue weighted by Gasteiger charge is -2.17. The van der Waals surface area contributed by atoms with Crippen LogP contribution in [0.15, 0.2) is 60.7 Å². The van der Waals surface area contributed by atoms with E-state index >= 15 is 0 Å². The number of carbonyl (C=O) groups is 1. The van der Waals surface area contributed by atoms with Crippen molar-refractivity contribution in [2.75, 3.05) is 17.7 Å². The van der Waals surface area contributed by atoms with E-state index in [0.717, 1.165) is 12.1 Å². The van der Waals surface area contributed by atoms with Gasteiger partial charge in [0.1, 0.15) is 5.82 Å². The smallest absolute Gasteiger partial charge is 0.388 e. The van der Waals surface area contributed by atoms with Crippen molar-refractivity contribution >= 4 is 34.6 Å². The largest absolute Gasteiger partial charge is 0.417 e. The summed E-state index contributed by atoms with van der Waals surface area (Å²) >= 11 is 5.91. The maximum Gasteiger partial charge on any atom is 0.417 e. The zero-order valence-electron chi connectivity index (χ0n) is 16.1. The highest BCUT2D eigenvalue weighted by Crippen LogP contribution is 2.36. The fourth-order valence-electron chi connectivity index (χ4n) is 3.01. The Morgan fingerprint density at radius 3 is 2.35 bits per heavy atom. The Bertz CT molecular complexity index is 1160. The van der Waals surface area contributed by atoms with Crippen molar-refractivity contribution < 1.29 is 22.4 Å². The standard InChI is InChI=1S/C22H16ClF4N3O/c1-29-12-9-10-14(20(28)13-5-2-3-8-17(13)24)18(11-12)30-21(31)19-15(22(25,26)27)6-4-7-16(19)23/h2-11,28-29H,1H3,(H,30,31). The summed E-state index contributed by atoms with van der Waals surface area (Å²) in [6, 6.07) is 13.1. The van der Waals surface area contributed by atoms with Gasteiger partial charge in [-0.15, -0.1) is 0 Å². The van der Waals surface area contributed by atoms with Crippen LogP contribution in [0.1, 0.15) is 27.0 Å². The van der Waals surface area contributed by atoms with Crippen LogP contribution in [-0.4, -0.2) is 18.7 Å². The average molecular weight is 450 g/mol. The molecule has 160 valence electrons. The number of amides is 1. The van der Waals surface area contributed by atoms with Crippen LogP contribution >= 0.6 is 11.6 Å². The SMILES string of the molecule is CNc1ccc(C(=N)c2ccccc2F)c(NC(=O)c2c(Cl)cccc2C(F)(F)F)c1. The molecule has 0 saturated heterocycles. The van der Waals surface area contributed by atoms with Gasteiger partial charge in [-0.25, -0.2) is 4.39 Å². The molecule has 0 unspecified atom stereocenters. The summed E-state index contributed by atoms with van der Waals surface area (Å²) in [5.74, 6) is -1.75. The molecule has 3 N–H and O–H groups in total. The second kappa shape index (κ2) is 8.77. The van der Waals surface area contributed by atoms with Crippen molar-refractivity contribution in [3.8, 4) is 0 Å². The summed E-state index contributed by atoms with van der Waals surface area (Å²) in [5, 5.41) is 13.3. The first kappa shape index (κ1) is 22.3. The van der Waals surface area contributed by atoms with E-state index in [9.17, 15) is 22.4 Å². The summed E-state index contributed by atoms with van der Waals surface area (Å²) in [7, 11) is 1.61. The fourth-order valence-corrected chi connectivity index (χ4v) is 3.27. The molecule has 0 aliphatic heterocycles. The van der Waals surface area contributed by atoms with Crippen LogP contribution in [0.5, 0.6) is 0 Å². The minimum absolute atomic E-state index is 0.0241. The molecule has 9 heteroatoms. The van der Waals surface area contributed by atoms with Crippen LogP contribution in [0.2, 0.25) is 5.02 Å². The van der Waals surface area contributed by atoms with Crippen LogP contribution in [0, 0.1) is 11.2 Å². The maximum atomic E-state index is 14.2. The van der Waals surface area contributed by atoms with Crippen molar-refractivity contribution in [3.05, 3.63) is 93.8 Å². The molecule has 3 aromatic rings. The fraction of sp³-hybridized carbons (Fsp3) is 0.0909. The van der Waals surface area contributed by atoms with Crippen LogP contribution in [0.3, 0.4) is 0 Å². The molecule has 0 spiro atoms. The first-order valence-corrected chi connectivity index (χ1v) is 9.34. The number of hydrogen-bond donors (Lipinski definition) is 3. The van der Waals surface area contributed by atoms with Gasteiger partial charge in [0.2, 0.25) is 0 Å². The van der Waals surface area contributed by atoms with E-state index in [4.69, 9.17) is 17.0 Å². The van der Waals surface area contributed by atoms with Crippen LogP contribution in [0.4, 0.5) is 28.9 Å². The molecule has 0 aliphatic rings. The van der Waals surface area contributed by atoms with Crippen LogP contribution in [0.25, 0.3) is 0 Å². The molecule has 31 heavy (non-hydrogen) atoms. The molecule has 0 bridgehead atoms. The van der Waals surface area contributed by atoms with Gasteiger partial charge >= 0.3 is 6.18 Å². The Kier molecular flexibility index (Phi) is 6.31. The third-order valence-electron chi connectivity index (χ3n) is 4.52. The molecular weight excluding hydrogens is 434 g/mol. The predicted molar refractivity (Wildman–Crippen MR) is 113 cm³/mol. The molecule has 0 heterocycles. The number of halogens is 5. The van der Waals surface area contributed by atoms with Gasteiger partial charge < -0.3 is 10.6 Å². The first-order chi connectivity index (χ1) is 14.6. The van der Waals surface area contributed by atoms with Crippen LogP contribution in [-0.2, 0) is 6.18 Å². The summed E-state index contributed by atoms with van der Waals surface area (Å²) < 4.78 is 54.4. The molecule has 0 radical (unpaired) electrons. The Labute approximate surface area is 180 Å². The third-order valence-corrected chi connectivity index (χ3v) is 4.83. The Hall–Kier alpha value is -3.39. The summed E-state index contributed by atoms with van der Waals surface area (Å²) in [5.41, 5.74) is -1.52.